The van der Waals surface area contributed by atoms with Crippen molar-refractivity contribution >= 4 is 122 Å². The van der Waals surface area contributed by atoms with Crippen LogP contribution < -0.4 is 20.7 Å². The van der Waals surface area contributed by atoms with Crippen molar-refractivity contribution in [1.82, 2.24) is 27.7 Å². The second kappa shape index (κ2) is 17.3. The Balaban J connectivity index is 0.864. The van der Waals surface area contributed by atoms with Crippen molar-refractivity contribution in [3.8, 4) is 22.7 Å². The zero-order chi connectivity index (χ0) is 52.5. The highest BCUT2D eigenvalue weighted by molar-refractivity contribution is 7.20. The molecule has 0 bridgehead atoms. The molecule has 6 nitrogen and oxygen atoms in total. The normalized spacial score (nSPS) is 12.2. The number of hydrogen-bond donors (Lipinski definition) is 0. The van der Waals surface area contributed by atoms with Gasteiger partial charge in [-0.3, -0.25) is 8.97 Å². The smallest absolute Gasteiger partial charge is 0.220 e. The molecule has 5 aromatic heterocycles. The molecule has 374 valence electrons. The maximum Gasteiger partial charge on any atom is 0.220 e. The Morgan fingerprint density at radius 2 is 0.575 bits per heavy atom. The largest absolute Gasteiger partial charge is 0.309 e. The maximum atomic E-state index is 5.23. The molecule has 0 aliphatic rings. The summed E-state index contributed by atoms with van der Waals surface area (Å²) in [6.07, 6.45) is 0. The SMILES string of the molecule is c1ccc([Si](c2ccccc2)(c2cccc(-n3c4ccccc4c4cc(-n5c6ccccc6c6ccccc65)ccc43)c2)c2cccc(-n3c4ccccc4c4cc(-n5c6ccccc6n6c7ccccc7nc56)ccc43)c2)cc1. The summed E-state index contributed by atoms with van der Waals surface area (Å²) in [7, 11) is -3.11. The fourth-order valence-corrected chi connectivity index (χ4v) is 18.5. The molecule has 12 aromatic carbocycles. The molecule has 17 rings (SSSR count). The topological polar surface area (TPSA) is 37.0 Å². The Morgan fingerprint density at radius 3 is 1.06 bits per heavy atom. The van der Waals surface area contributed by atoms with Crippen LogP contribution in [0.25, 0.3) is 116 Å². The highest BCUT2D eigenvalue weighted by Gasteiger charge is 2.42. The van der Waals surface area contributed by atoms with E-state index in [-0.39, 0.29) is 0 Å². The van der Waals surface area contributed by atoms with Crippen molar-refractivity contribution in [2.45, 2.75) is 0 Å². The number of hydrogen-bond acceptors (Lipinski definition) is 1. The highest BCUT2D eigenvalue weighted by Crippen LogP contribution is 2.39. The number of rotatable bonds is 8. The molecule has 0 saturated carbocycles. The predicted octanol–water partition coefficient (Wildman–Crippen LogP) is 15.1. The van der Waals surface area contributed by atoms with E-state index in [1.807, 2.05) is 0 Å². The lowest BCUT2D eigenvalue weighted by Crippen LogP contribution is -2.74. The quantitative estimate of drug-likeness (QED) is 0.110. The molecule has 0 N–H and O–H groups in total. The number of imidazole rings is 2. The van der Waals surface area contributed by atoms with Crippen LogP contribution in [-0.2, 0) is 0 Å². The lowest BCUT2D eigenvalue weighted by atomic mass is 10.1. The molecule has 5 heterocycles. The van der Waals surface area contributed by atoms with E-state index in [0.717, 1.165) is 61.6 Å². The minimum atomic E-state index is -3.11. The summed E-state index contributed by atoms with van der Waals surface area (Å²) in [6.45, 7) is 0. The van der Waals surface area contributed by atoms with Crippen molar-refractivity contribution in [2.24, 2.45) is 0 Å². The second-order valence-electron chi connectivity index (χ2n) is 21.1. The number of para-hydroxylation sites is 8. The molecule has 17 aromatic rings. The average Bonchev–Trinajstić information content (AvgIpc) is 4.37. The fraction of sp³-hybridized carbons (Fsp3) is 0. The van der Waals surface area contributed by atoms with Crippen molar-refractivity contribution < 1.29 is 0 Å². The lowest BCUT2D eigenvalue weighted by Gasteiger charge is -2.35. The lowest BCUT2D eigenvalue weighted by molar-refractivity contribution is 1.11. The molecular weight excluding hydrogens is 989 g/mol. The van der Waals surface area contributed by atoms with E-state index in [2.05, 4.69) is 314 Å². The summed E-state index contributed by atoms with van der Waals surface area (Å²) in [4.78, 5) is 5.23. The van der Waals surface area contributed by atoms with E-state index in [0.29, 0.717) is 0 Å². The van der Waals surface area contributed by atoms with Crippen LogP contribution >= 0.6 is 0 Å². The minimum absolute atomic E-state index is 0.901. The molecular formula is C73H48N6Si. The van der Waals surface area contributed by atoms with Gasteiger partial charge in [-0.2, -0.15) is 0 Å². The molecule has 0 saturated heterocycles. The fourth-order valence-electron chi connectivity index (χ4n) is 13.7. The van der Waals surface area contributed by atoms with E-state index in [9.17, 15) is 0 Å². The highest BCUT2D eigenvalue weighted by atomic mass is 28.3. The van der Waals surface area contributed by atoms with Gasteiger partial charge in [-0.15, -0.1) is 0 Å². The first-order valence-corrected chi connectivity index (χ1v) is 29.5. The summed E-state index contributed by atoms with van der Waals surface area (Å²) < 4.78 is 12.0. The minimum Gasteiger partial charge on any atom is -0.309 e. The standard InChI is InChI=1S/C73H48N6Si/c1-3-23-53(24-4-1)80(54-25-5-2-6-26-54,55-27-19-21-49(45-55)75-66-36-14-9-31-59(66)61-47-51(41-43-68(61)75)77-64-34-12-7-29-57(64)58-30-8-13-35-65(58)77)56-28-20-22-50(46-56)76-67-37-15-10-32-60(67)62-48-52(42-44-69(62)76)78-71-39-17-18-40-72(71)79-70-38-16-11-33-63(70)74-73(78)79/h1-48H. The third-order valence-corrected chi connectivity index (χ3v) is 21.8. The van der Waals surface area contributed by atoms with Crippen LogP contribution in [0.5, 0.6) is 0 Å². The maximum absolute atomic E-state index is 5.23. The summed E-state index contributed by atoms with van der Waals surface area (Å²) in [5, 5.41) is 12.6. The van der Waals surface area contributed by atoms with E-state index >= 15 is 0 Å². The molecule has 0 aliphatic carbocycles. The summed E-state index contributed by atoms with van der Waals surface area (Å²) in [6, 6.07) is 108. The van der Waals surface area contributed by atoms with Gasteiger partial charge < -0.3 is 13.7 Å². The summed E-state index contributed by atoms with van der Waals surface area (Å²) in [5.41, 5.74) is 15.9. The number of fused-ring (bicyclic) bond motifs is 14. The number of nitrogens with zero attached hydrogens (tertiary/aromatic N) is 6. The third kappa shape index (κ3) is 6.32. The van der Waals surface area contributed by atoms with Gasteiger partial charge in [-0.05, 0) is 130 Å². The molecule has 0 unspecified atom stereocenters. The van der Waals surface area contributed by atoms with Crippen LogP contribution in [0.3, 0.4) is 0 Å². The van der Waals surface area contributed by atoms with E-state index in [1.54, 1.807) is 0 Å². The number of benzene rings is 12. The van der Waals surface area contributed by atoms with Crippen LogP contribution in [0.15, 0.2) is 291 Å². The first-order valence-electron chi connectivity index (χ1n) is 27.5. The first-order chi connectivity index (χ1) is 39.7. The van der Waals surface area contributed by atoms with Crippen LogP contribution in [0.2, 0.25) is 0 Å². The Bertz CT molecular complexity index is 5230. The monoisotopic (exact) mass is 1040 g/mol. The molecule has 0 atom stereocenters. The van der Waals surface area contributed by atoms with E-state index in [1.165, 1.54) is 75.1 Å². The van der Waals surface area contributed by atoms with Gasteiger partial charge in [0.2, 0.25) is 5.78 Å². The first kappa shape index (κ1) is 44.6. The van der Waals surface area contributed by atoms with Gasteiger partial charge in [0, 0.05) is 55.1 Å². The van der Waals surface area contributed by atoms with Gasteiger partial charge in [0.1, 0.15) is 0 Å². The third-order valence-electron chi connectivity index (χ3n) is 17.0. The van der Waals surface area contributed by atoms with Gasteiger partial charge in [-0.25, -0.2) is 4.98 Å². The molecule has 80 heavy (non-hydrogen) atoms. The Labute approximate surface area is 461 Å². The summed E-state index contributed by atoms with van der Waals surface area (Å²) >= 11 is 0. The Hall–Kier alpha value is -10.5. The Morgan fingerprint density at radius 1 is 0.225 bits per heavy atom. The second-order valence-corrected chi connectivity index (χ2v) is 24.9. The van der Waals surface area contributed by atoms with Gasteiger partial charge >= 0.3 is 0 Å². The van der Waals surface area contributed by atoms with Crippen LogP contribution in [-0.4, -0.2) is 35.7 Å². The average molecular weight is 1040 g/mol. The van der Waals surface area contributed by atoms with Gasteiger partial charge in [0.05, 0.1) is 55.2 Å². The molecule has 0 aliphatic heterocycles. The van der Waals surface area contributed by atoms with E-state index in [4.69, 9.17) is 4.98 Å². The van der Waals surface area contributed by atoms with Crippen LogP contribution in [0.1, 0.15) is 0 Å². The molecule has 0 spiro atoms. The molecule has 0 fully saturated rings. The van der Waals surface area contributed by atoms with Crippen molar-refractivity contribution in [2.75, 3.05) is 0 Å². The molecule has 0 amide bonds. The summed E-state index contributed by atoms with van der Waals surface area (Å²) in [5.74, 6) is 0.901. The van der Waals surface area contributed by atoms with Gasteiger partial charge in [-0.1, -0.05) is 182 Å². The Kier molecular flexibility index (Phi) is 9.63. The predicted molar refractivity (Wildman–Crippen MR) is 336 cm³/mol. The van der Waals surface area contributed by atoms with Gasteiger partial charge in [0.15, 0.2) is 8.07 Å². The molecule has 0 radical (unpaired) electrons. The van der Waals surface area contributed by atoms with Crippen LogP contribution in [0.4, 0.5) is 0 Å². The van der Waals surface area contributed by atoms with Crippen molar-refractivity contribution in [1.29, 1.82) is 0 Å². The van der Waals surface area contributed by atoms with Crippen molar-refractivity contribution in [3.05, 3.63) is 291 Å². The number of aromatic nitrogens is 6. The van der Waals surface area contributed by atoms with E-state index < -0.39 is 8.07 Å². The van der Waals surface area contributed by atoms with Crippen molar-refractivity contribution in [3.63, 3.8) is 0 Å². The van der Waals surface area contributed by atoms with Crippen LogP contribution in [0, 0.1) is 0 Å². The van der Waals surface area contributed by atoms with Gasteiger partial charge in [0.25, 0.3) is 0 Å². The molecule has 7 heteroatoms. The zero-order valence-electron chi connectivity index (χ0n) is 43.4. The zero-order valence-corrected chi connectivity index (χ0v) is 44.4.